The number of carbonyl (C=O) groups is 2. The SMILES string of the molecule is Cc1[nH]c2ccccc2c1C(=O)C(=O)N1C[C@@H]2C[C@@H](C1)c1cccc(=O)n1C2. The normalized spacial score (nSPS) is 20.8. The Morgan fingerprint density at radius 3 is 2.71 bits per heavy atom. The molecule has 0 radical (unpaired) electrons. The van der Waals surface area contributed by atoms with Gasteiger partial charge in [0, 0.05) is 53.9 Å². The number of nitrogens with zero attached hydrogens (tertiary/aromatic N) is 2. The van der Waals surface area contributed by atoms with E-state index in [0.717, 1.165) is 23.0 Å². The lowest BCUT2D eigenvalue weighted by molar-refractivity contribution is -0.129. The molecular formula is C22H21N3O3. The second kappa shape index (κ2) is 6.19. The molecule has 0 spiro atoms. The van der Waals surface area contributed by atoms with Gasteiger partial charge in [-0.2, -0.15) is 0 Å². The van der Waals surface area contributed by atoms with E-state index in [9.17, 15) is 14.4 Å². The molecule has 1 aromatic carbocycles. The molecule has 1 saturated heterocycles. The Labute approximate surface area is 161 Å². The number of carbonyl (C=O) groups excluding carboxylic acids is 2. The third kappa shape index (κ3) is 2.52. The van der Waals surface area contributed by atoms with Crippen molar-refractivity contribution in [2.24, 2.45) is 5.92 Å². The third-order valence-corrected chi connectivity index (χ3v) is 6.08. The fourth-order valence-corrected chi connectivity index (χ4v) is 4.88. The number of hydrogen-bond acceptors (Lipinski definition) is 3. The number of H-pyrrole nitrogens is 1. The molecule has 4 heterocycles. The molecule has 2 aliphatic rings. The zero-order valence-electron chi connectivity index (χ0n) is 15.6. The smallest absolute Gasteiger partial charge is 0.295 e. The zero-order chi connectivity index (χ0) is 19.4. The number of benzene rings is 1. The van der Waals surface area contributed by atoms with Crippen LogP contribution in [-0.4, -0.2) is 39.2 Å². The van der Waals surface area contributed by atoms with Crippen LogP contribution in [0.5, 0.6) is 0 Å². The molecule has 6 nitrogen and oxygen atoms in total. The van der Waals surface area contributed by atoms with Crippen LogP contribution in [0, 0.1) is 12.8 Å². The van der Waals surface area contributed by atoms with Crippen molar-refractivity contribution in [3.05, 3.63) is 69.8 Å². The molecule has 28 heavy (non-hydrogen) atoms. The summed E-state index contributed by atoms with van der Waals surface area (Å²) in [7, 11) is 0. The molecule has 0 aliphatic carbocycles. The Bertz CT molecular complexity index is 1170. The van der Waals surface area contributed by atoms with E-state index in [1.807, 2.05) is 41.8 Å². The highest BCUT2D eigenvalue weighted by Crippen LogP contribution is 2.35. The van der Waals surface area contributed by atoms with Gasteiger partial charge in [0.15, 0.2) is 0 Å². The minimum Gasteiger partial charge on any atom is -0.358 e. The molecular weight excluding hydrogens is 354 g/mol. The van der Waals surface area contributed by atoms with Gasteiger partial charge in [-0.25, -0.2) is 0 Å². The number of piperidine rings is 1. The number of nitrogens with one attached hydrogen (secondary N) is 1. The molecule has 1 fully saturated rings. The van der Waals surface area contributed by atoms with Crippen LogP contribution in [0.2, 0.25) is 0 Å². The van der Waals surface area contributed by atoms with Crippen molar-refractivity contribution in [3.63, 3.8) is 0 Å². The molecule has 2 aromatic heterocycles. The Morgan fingerprint density at radius 2 is 1.86 bits per heavy atom. The highest BCUT2D eigenvalue weighted by molar-refractivity contribution is 6.45. The number of amides is 1. The van der Waals surface area contributed by atoms with Crippen molar-refractivity contribution in [2.45, 2.75) is 25.8 Å². The summed E-state index contributed by atoms with van der Waals surface area (Å²) in [6, 6.07) is 12.9. The van der Waals surface area contributed by atoms with Crippen LogP contribution in [0.25, 0.3) is 10.9 Å². The van der Waals surface area contributed by atoms with Crippen LogP contribution in [0.1, 0.15) is 34.1 Å². The molecule has 1 amide bonds. The number of Topliss-reactive ketones (excluding diaryl/α,β-unsaturated/α-hetero) is 1. The highest BCUT2D eigenvalue weighted by Gasteiger charge is 2.38. The molecule has 1 N–H and O–H groups in total. The summed E-state index contributed by atoms with van der Waals surface area (Å²) >= 11 is 0. The lowest BCUT2D eigenvalue weighted by Crippen LogP contribution is -2.50. The van der Waals surface area contributed by atoms with Crippen LogP contribution in [0.15, 0.2) is 47.3 Å². The van der Waals surface area contributed by atoms with Crippen molar-refractivity contribution >= 4 is 22.6 Å². The van der Waals surface area contributed by atoms with Gasteiger partial charge in [-0.1, -0.05) is 24.3 Å². The zero-order valence-corrected chi connectivity index (χ0v) is 15.6. The van der Waals surface area contributed by atoms with Crippen molar-refractivity contribution in [1.29, 1.82) is 0 Å². The predicted molar refractivity (Wildman–Crippen MR) is 105 cm³/mol. The van der Waals surface area contributed by atoms with Gasteiger partial charge in [-0.3, -0.25) is 14.4 Å². The van der Waals surface area contributed by atoms with Gasteiger partial charge in [0.2, 0.25) is 0 Å². The first-order valence-corrected chi connectivity index (χ1v) is 9.63. The van der Waals surface area contributed by atoms with E-state index in [1.54, 1.807) is 17.0 Å². The number of aryl methyl sites for hydroxylation is 1. The van der Waals surface area contributed by atoms with Crippen molar-refractivity contribution in [3.8, 4) is 0 Å². The van der Waals surface area contributed by atoms with Crippen molar-refractivity contribution in [2.75, 3.05) is 13.1 Å². The van der Waals surface area contributed by atoms with E-state index in [4.69, 9.17) is 0 Å². The lowest BCUT2D eigenvalue weighted by Gasteiger charge is -2.42. The Hall–Kier alpha value is -3.15. The molecule has 2 aliphatic heterocycles. The summed E-state index contributed by atoms with van der Waals surface area (Å²) < 4.78 is 1.83. The monoisotopic (exact) mass is 375 g/mol. The first kappa shape index (κ1) is 17.0. The summed E-state index contributed by atoms with van der Waals surface area (Å²) in [6.07, 6.45) is 0.952. The second-order valence-electron chi connectivity index (χ2n) is 7.91. The Morgan fingerprint density at radius 1 is 1.04 bits per heavy atom. The van der Waals surface area contributed by atoms with Crippen LogP contribution in [-0.2, 0) is 11.3 Å². The van der Waals surface area contributed by atoms with E-state index in [-0.39, 0.29) is 17.4 Å². The second-order valence-corrected chi connectivity index (χ2v) is 7.91. The van der Waals surface area contributed by atoms with Gasteiger partial charge < -0.3 is 14.5 Å². The summed E-state index contributed by atoms with van der Waals surface area (Å²) in [5, 5.41) is 0.785. The molecule has 0 saturated carbocycles. The number of likely N-dealkylation sites (tertiary alicyclic amines) is 1. The van der Waals surface area contributed by atoms with Gasteiger partial charge in [0.25, 0.3) is 17.2 Å². The molecule has 2 bridgehead atoms. The van der Waals surface area contributed by atoms with Crippen LogP contribution >= 0.6 is 0 Å². The number of para-hydroxylation sites is 1. The maximum atomic E-state index is 13.1. The molecule has 0 unspecified atom stereocenters. The Balaban J connectivity index is 1.46. The van der Waals surface area contributed by atoms with Gasteiger partial charge in [0.05, 0.1) is 5.56 Å². The number of rotatable bonds is 2. The van der Waals surface area contributed by atoms with E-state index >= 15 is 0 Å². The number of aromatic amines is 1. The largest absolute Gasteiger partial charge is 0.358 e. The summed E-state index contributed by atoms with van der Waals surface area (Å²) in [4.78, 5) is 43.2. The quantitative estimate of drug-likeness (QED) is 0.552. The highest BCUT2D eigenvalue weighted by atomic mass is 16.2. The van der Waals surface area contributed by atoms with Gasteiger partial charge in [0.1, 0.15) is 0 Å². The maximum absolute atomic E-state index is 13.1. The topological polar surface area (TPSA) is 75.2 Å². The Kier molecular flexibility index (Phi) is 3.75. The number of pyridine rings is 1. The summed E-state index contributed by atoms with van der Waals surface area (Å²) in [6.45, 7) is 3.43. The van der Waals surface area contributed by atoms with Crippen molar-refractivity contribution < 1.29 is 9.59 Å². The fourth-order valence-electron chi connectivity index (χ4n) is 4.88. The third-order valence-electron chi connectivity index (χ3n) is 6.08. The summed E-state index contributed by atoms with van der Waals surface area (Å²) in [5.74, 6) is -0.607. The van der Waals surface area contributed by atoms with Crippen LogP contribution in [0.4, 0.5) is 0 Å². The number of hydrogen-bond donors (Lipinski definition) is 1. The molecule has 142 valence electrons. The van der Waals surface area contributed by atoms with E-state index in [0.29, 0.717) is 30.9 Å². The first-order chi connectivity index (χ1) is 13.5. The first-order valence-electron chi connectivity index (χ1n) is 9.63. The van der Waals surface area contributed by atoms with E-state index in [2.05, 4.69) is 4.98 Å². The van der Waals surface area contributed by atoms with Crippen molar-refractivity contribution in [1.82, 2.24) is 14.5 Å². The average molecular weight is 375 g/mol. The van der Waals surface area contributed by atoms with Crippen LogP contribution in [0.3, 0.4) is 0 Å². The minimum atomic E-state index is -0.458. The molecule has 6 heteroatoms. The number of fused-ring (bicyclic) bond motifs is 5. The number of ketones is 1. The minimum absolute atomic E-state index is 0.0115. The molecule has 3 aromatic rings. The lowest BCUT2D eigenvalue weighted by atomic mass is 9.83. The molecule has 5 rings (SSSR count). The van der Waals surface area contributed by atoms with Crippen LogP contribution < -0.4 is 5.56 Å². The number of aromatic nitrogens is 2. The maximum Gasteiger partial charge on any atom is 0.295 e. The van der Waals surface area contributed by atoms with Gasteiger partial charge >= 0.3 is 0 Å². The van der Waals surface area contributed by atoms with E-state index < -0.39 is 11.7 Å². The average Bonchev–Trinajstić information content (AvgIpc) is 3.03. The van der Waals surface area contributed by atoms with Gasteiger partial charge in [-0.15, -0.1) is 0 Å². The molecule has 2 atom stereocenters. The van der Waals surface area contributed by atoms with Gasteiger partial charge in [-0.05, 0) is 31.4 Å². The standard InChI is InChI=1S/C22H21N3O3/c1-13-20(16-5-2-3-6-17(16)23-13)21(27)22(28)24-10-14-9-15(12-24)18-7-4-8-19(26)25(18)11-14/h2-8,14-15,23H,9-12H2,1H3/t14-,15-/m0/s1. The predicted octanol–water partition coefficient (Wildman–Crippen LogP) is 2.47. The van der Waals surface area contributed by atoms with E-state index in [1.165, 1.54) is 0 Å². The fraction of sp³-hybridized carbons (Fsp3) is 0.318. The summed E-state index contributed by atoms with van der Waals surface area (Å²) in [5.41, 5.74) is 3.02.